The van der Waals surface area contributed by atoms with E-state index in [9.17, 15) is 9.90 Å². The third-order valence-electron chi connectivity index (χ3n) is 2.71. The molecule has 2 aromatic rings. The number of carbonyl (C=O) groups excluding carboxylic acids is 1. The van der Waals surface area contributed by atoms with Gasteiger partial charge in [0.05, 0.1) is 4.91 Å². The molecule has 1 amide bonds. The van der Waals surface area contributed by atoms with Crippen LogP contribution in [0.5, 0.6) is 5.75 Å². The molecule has 1 aliphatic heterocycles. The molecule has 0 bridgehead atoms. The summed E-state index contributed by atoms with van der Waals surface area (Å²) in [6.45, 7) is 0. The maximum atomic E-state index is 12.4. The minimum atomic E-state index is -0.334. The van der Waals surface area contributed by atoms with Crippen molar-refractivity contribution in [3.05, 3.63) is 45.3 Å². The molecule has 0 atom stereocenters. The summed E-state index contributed by atoms with van der Waals surface area (Å²) < 4.78 is 0. The molecule has 1 fully saturated rings. The Morgan fingerprint density at radius 2 is 2.24 bits per heavy atom. The minimum absolute atomic E-state index is 0.0273. The average Bonchev–Trinajstić information content (AvgIpc) is 3.03. The van der Waals surface area contributed by atoms with E-state index in [1.165, 1.54) is 28.4 Å². The number of carbonyl (C=O) groups is 1. The van der Waals surface area contributed by atoms with Crippen LogP contribution in [0, 0.1) is 5.41 Å². The topological polar surface area (TPSA) is 77.3 Å². The standard InChI is InChI=1S/C13H8ClN3O2S2/c14-8-1-2-9(18)7(5-8)6-10-11(19)17(12(15)21-10)13-16-3-4-20-13/h1-6,15,18H/b10-6-,15-12?. The van der Waals surface area contributed by atoms with Crippen LogP contribution < -0.4 is 4.90 Å². The monoisotopic (exact) mass is 337 g/mol. The Morgan fingerprint density at radius 3 is 2.95 bits per heavy atom. The molecule has 1 saturated heterocycles. The van der Waals surface area contributed by atoms with Gasteiger partial charge in [-0.15, -0.1) is 11.3 Å². The van der Waals surface area contributed by atoms with Gasteiger partial charge in [0.1, 0.15) is 5.75 Å². The molecule has 2 heterocycles. The molecule has 3 rings (SSSR count). The lowest BCUT2D eigenvalue weighted by Crippen LogP contribution is -2.27. The SMILES string of the molecule is N=C1S/C(=C\c2cc(Cl)ccc2O)C(=O)N1c1nccs1. The highest BCUT2D eigenvalue weighted by molar-refractivity contribution is 8.19. The average molecular weight is 338 g/mol. The van der Waals surface area contributed by atoms with Crippen molar-refractivity contribution in [1.29, 1.82) is 5.41 Å². The fraction of sp³-hybridized carbons (Fsp3) is 0. The number of benzene rings is 1. The second-order valence-electron chi connectivity index (χ2n) is 4.07. The maximum absolute atomic E-state index is 12.4. The Hall–Kier alpha value is -1.83. The van der Waals surface area contributed by atoms with Crippen LogP contribution in [-0.4, -0.2) is 21.2 Å². The van der Waals surface area contributed by atoms with E-state index in [2.05, 4.69) is 4.98 Å². The lowest BCUT2D eigenvalue weighted by molar-refractivity contribution is -0.113. The molecule has 1 aliphatic rings. The number of halogens is 1. The van der Waals surface area contributed by atoms with Gasteiger partial charge in [0.15, 0.2) is 10.3 Å². The van der Waals surface area contributed by atoms with E-state index in [4.69, 9.17) is 17.0 Å². The second kappa shape index (κ2) is 5.51. The first kappa shape index (κ1) is 14.1. The molecule has 1 aromatic carbocycles. The summed E-state index contributed by atoms with van der Waals surface area (Å²) in [6, 6.07) is 4.59. The number of thioether (sulfide) groups is 1. The van der Waals surface area contributed by atoms with E-state index in [-0.39, 0.29) is 16.8 Å². The quantitative estimate of drug-likeness (QED) is 0.821. The number of phenols is 1. The molecule has 2 N–H and O–H groups in total. The molecule has 21 heavy (non-hydrogen) atoms. The molecule has 5 nitrogen and oxygen atoms in total. The fourth-order valence-corrected chi connectivity index (χ4v) is 3.49. The van der Waals surface area contributed by atoms with Crippen LogP contribution in [0.25, 0.3) is 6.08 Å². The molecule has 1 aromatic heterocycles. The number of aromatic hydroxyl groups is 1. The van der Waals surface area contributed by atoms with Crippen LogP contribution in [0.4, 0.5) is 5.13 Å². The first-order chi connectivity index (χ1) is 10.1. The number of rotatable bonds is 2. The van der Waals surface area contributed by atoms with Crippen molar-refractivity contribution >= 4 is 57.0 Å². The van der Waals surface area contributed by atoms with Crippen LogP contribution in [0.1, 0.15) is 5.56 Å². The molecular formula is C13H8ClN3O2S2. The van der Waals surface area contributed by atoms with Gasteiger partial charge in [-0.05, 0) is 36.0 Å². The Balaban J connectivity index is 1.97. The van der Waals surface area contributed by atoms with Gasteiger partial charge in [-0.25, -0.2) is 9.88 Å². The number of amidine groups is 1. The Labute approximate surface area is 133 Å². The molecular weight excluding hydrogens is 330 g/mol. The third-order valence-corrected chi connectivity index (χ3v) is 4.59. The fourth-order valence-electron chi connectivity index (χ4n) is 1.77. The highest BCUT2D eigenvalue weighted by Crippen LogP contribution is 2.37. The van der Waals surface area contributed by atoms with E-state index in [1.54, 1.807) is 23.7 Å². The van der Waals surface area contributed by atoms with Crippen molar-refractivity contribution in [2.45, 2.75) is 0 Å². The summed E-state index contributed by atoms with van der Waals surface area (Å²) in [4.78, 5) is 18.0. The molecule has 106 valence electrons. The summed E-state index contributed by atoms with van der Waals surface area (Å²) >= 11 is 8.19. The van der Waals surface area contributed by atoms with E-state index >= 15 is 0 Å². The minimum Gasteiger partial charge on any atom is -0.507 e. The molecule has 0 aliphatic carbocycles. The number of nitrogens with one attached hydrogen (secondary N) is 1. The normalized spacial score (nSPS) is 17.0. The first-order valence-electron chi connectivity index (χ1n) is 5.77. The Bertz CT molecular complexity index is 759. The van der Waals surface area contributed by atoms with Crippen LogP contribution in [0.3, 0.4) is 0 Å². The van der Waals surface area contributed by atoms with Gasteiger partial charge in [0.25, 0.3) is 5.91 Å². The van der Waals surface area contributed by atoms with Gasteiger partial charge in [-0.3, -0.25) is 10.2 Å². The van der Waals surface area contributed by atoms with Crippen LogP contribution >= 0.6 is 34.7 Å². The third kappa shape index (κ3) is 2.67. The largest absolute Gasteiger partial charge is 0.507 e. The number of hydrogen-bond donors (Lipinski definition) is 2. The van der Waals surface area contributed by atoms with Crippen molar-refractivity contribution in [3.63, 3.8) is 0 Å². The zero-order chi connectivity index (χ0) is 15.0. The number of phenolic OH excluding ortho intramolecular Hbond substituents is 1. The molecule has 8 heteroatoms. The van der Waals surface area contributed by atoms with Crippen molar-refractivity contribution in [1.82, 2.24) is 4.98 Å². The van der Waals surface area contributed by atoms with Gasteiger partial charge in [-0.1, -0.05) is 11.6 Å². The van der Waals surface area contributed by atoms with Crippen molar-refractivity contribution < 1.29 is 9.90 Å². The first-order valence-corrected chi connectivity index (χ1v) is 7.84. The summed E-state index contributed by atoms with van der Waals surface area (Å²) in [5.41, 5.74) is 0.437. The Morgan fingerprint density at radius 1 is 1.43 bits per heavy atom. The zero-order valence-electron chi connectivity index (χ0n) is 10.4. The second-order valence-corrected chi connectivity index (χ2v) is 6.41. The van der Waals surface area contributed by atoms with Gasteiger partial charge in [-0.2, -0.15) is 0 Å². The van der Waals surface area contributed by atoms with Crippen LogP contribution in [0.2, 0.25) is 5.02 Å². The van der Waals surface area contributed by atoms with Gasteiger partial charge in [0.2, 0.25) is 0 Å². The molecule has 0 unspecified atom stereocenters. The number of amides is 1. The number of aromatic nitrogens is 1. The van der Waals surface area contributed by atoms with Gasteiger partial charge < -0.3 is 5.11 Å². The highest BCUT2D eigenvalue weighted by atomic mass is 35.5. The van der Waals surface area contributed by atoms with Crippen LogP contribution in [0.15, 0.2) is 34.7 Å². The summed E-state index contributed by atoms with van der Waals surface area (Å²) in [7, 11) is 0. The predicted molar refractivity (Wildman–Crippen MR) is 86.0 cm³/mol. The summed E-state index contributed by atoms with van der Waals surface area (Å²) in [6.07, 6.45) is 3.10. The number of nitrogens with zero attached hydrogens (tertiary/aromatic N) is 2. The predicted octanol–water partition coefficient (Wildman–Crippen LogP) is 3.56. The zero-order valence-corrected chi connectivity index (χ0v) is 12.8. The number of thiazole rings is 1. The maximum Gasteiger partial charge on any atom is 0.273 e. The van der Waals surface area contributed by atoms with Crippen molar-refractivity contribution in [3.8, 4) is 5.75 Å². The van der Waals surface area contributed by atoms with E-state index < -0.39 is 0 Å². The van der Waals surface area contributed by atoms with Gasteiger partial charge >= 0.3 is 0 Å². The number of hydrogen-bond acceptors (Lipinski definition) is 6. The molecule has 0 spiro atoms. The van der Waals surface area contributed by atoms with E-state index in [0.717, 1.165) is 11.8 Å². The van der Waals surface area contributed by atoms with E-state index in [1.807, 2.05) is 0 Å². The molecule has 0 saturated carbocycles. The van der Waals surface area contributed by atoms with Crippen molar-refractivity contribution in [2.24, 2.45) is 0 Å². The lowest BCUT2D eigenvalue weighted by atomic mass is 10.2. The van der Waals surface area contributed by atoms with Gasteiger partial charge in [0, 0.05) is 22.2 Å². The lowest BCUT2D eigenvalue weighted by Gasteiger charge is -2.09. The van der Waals surface area contributed by atoms with Crippen LogP contribution in [-0.2, 0) is 4.79 Å². The summed E-state index contributed by atoms with van der Waals surface area (Å²) in [5, 5.41) is 20.4. The Kier molecular flexibility index (Phi) is 3.71. The smallest absolute Gasteiger partial charge is 0.273 e. The van der Waals surface area contributed by atoms with Crippen molar-refractivity contribution in [2.75, 3.05) is 4.90 Å². The summed E-state index contributed by atoms with van der Waals surface area (Å²) in [5.74, 6) is -0.307. The number of anilines is 1. The van der Waals surface area contributed by atoms with E-state index in [0.29, 0.717) is 20.6 Å². The highest BCUT2D eigenvalue weighted by Gasteiger charge is 2.35. The molecule has 0 radical (unpaired) electrons.